The maximum absolute atomic E-state index is 9.37. The van der Waals surface area contributed by atoms with E-state index in [0.717, 1.165) is 54.6 Å². The summed E-state index contributed by atoms with van der Waals surface area (Å²) in [5.41, 5.74) is 3.96. The van der Waals surface area contributed by atoms with Crippen LogP contribution < -0.4 is 4.90 Å². The van der Waals surface area contributed by atoms with Gasteiger partial charge >= 0.3 is 0 Å². The first kappa shape index (κ1) is 15.6. The van der Waals surface area contributed by atoms with E-state index in [1.54, 1.807) is 16.9 Å². The average molecular weight is 332 g/mol. The van der Waals surface area contributed by atoms with Crippen LogP contribution in [-0.4, -0.2) is 32.7 Å². The summed E-state index contributed by atoms with van der Waals surface area (Å²) in [5, 5.41) is 13.7. The number of aromatic nitrogens is 4. The van der Waals surface area contributed by atoms with Gasteiger partial charge < -0.3 is 4.90 Å². The molecule has 1 saturated heterocycles. The van der Waals surface area contributed by atoms with Gasteiger partial charge in [-0.3, -0.25) is 4.98 Å². The molecule has 0 saturated carbocycles. The number of anilines is 1. The Labute approximate surface area is 146 Å². The van der Waals surface area contributed by atoms with E-state index in [-0.39, 0.29) is 0 Å². The van der Waals surface area contributed by atoms with Crippen LogP contribution in [0.4, 0.5) is 5.82 Å². The van der Waals surface area contributed by atoms with Crippen molar-refractivity contribution in [3.05, 3.63) is 41.9 Å². The quantitative estimate of drug-likeness (QED) is 0.721. The van der Waals surface area contributed by atoms with E-state index in [9.17, 15) is 5.26 Å². The van der Waals surface area contributed by atoms with Gasteiger partial charge in [-0.25, -0.2) is 9.50 Å². The van der Waals surface area contributed by atoms with Crippen molar-refractivity contribution in [2.75, 3.05) is 18.0 Å². The smallest absolute Gasteiger partial charge is 0.175 e. The molecule has 0 unspecified atom stereocenters. The minimum Gasteiger partial charge on any atom is -0.356 e. The summed E-state index contributed by atoms with van der Waals surface area (Å²) in [6.45, 7) is 6.26. The number of aryl methyl sites for hydroxylation is 1. The van der Waals surface area contributed by atoms with Crippen LogP contribution >= 0.6 is 0 Å². The Morgan fingerprint density at radius 3 is 2.72 bits per heavy atom. The molecule has 4 heterocycles. The molecule has 0 aromatic carbocycles. The SMILES string of the molecule is Cc1c(-c2ccccn2)c(N2CCC(C)CC2)nc2c(C#N)cnn12. The molecule has 3 aromatic heterocycles. The lowest BCUT2D eigenvalue weighted by atomic mass is 9.98. The minimum atomic E-state index is 0.502. The van der Waals surface area contributed by atoms with Gasteiger partial charge in [0, 0.05) is 19.3 Å². The Morgan fingerprint density at radius 2 is 2.04 bits per heavy atom. The van der Waals surface area contributed by atoms with Crippen molar-refractivity contribution >= 4 is 11.5 Å². The molecule has 0 bridgehead atoms. The van der Waals surface area contributed by atoms with Crippen molar-refractivity contribution in [3.8, 4) is 17.3 Å². The standard InChI is InChI=1S/C19H20N6/c1-13-6-9-24(10-7-13)19-17(16-5-3-4-8-21-16)14(2)25-18(23-19)15(11-20)12-22-25/h3-5,8,12-13H,6-7,9-10H2,1-2H3. The highest BCUT2D eigenvalue weighted by molar-refractivity contribution is 5.78. The lowest BCUT2D eigenvalue weighted by Crippen LogP contribution is -2.34. The number of hydrogen-bond acceptors (Lipinski definition) is 5. The van der Waals surface area contributed by atoms with Gasteiger partial charge in [0.15, 0.2) is 5.65 Å². The van der Waals surface area contributed by atoms with Crippen LogP contribution in [0.2, 0.25) is 0 Å². The summed E-state index contributed by atoms with van der Waals surface area (Å²) in [4.78, 5) is 11.7. The maximum Gasteiger partial charge on any atom is 0.175 e. The number of nitriles is 1. The first-order valence-corrected chi connectivity index (χ1v) is 8.64. The van der Waals surface area contributed by atoms with Gasteiger partial charge in [0.25, 0.3) is 0 Å². The van der Waals surface area contributed by atoms with Gasteiger partial charge in [-0.2, -0.15) is 10.4 Å². The Balaban J connectivity index is 1.96. The van der Waals surface area contributed by atoms with Crippen LogP contribution in [-0.2, 0) is 0 Å². The maximum atomic E-state index is 9.37. The first-order chi connectivity index (χ1) is 12.2. The third kappa shape index (κ3) is 2.62. The first-order valence-electron chi connectivity index (χ1n) is 8.64. The van der Waals surface area contributed by atoms with Gasteiger partial charge in [-0.15, -0.1) is 0 Å². The van der Waals surface area contributed by atoms with E-state index in [1.807, 2.05) is 25.1 Å². The largest absolute Gasteiger partial charge is 0.356 e. The molecule has 0 amide bonds. The molecule has 126 valence electrons. The van der Waals surface area contributed by atoms with E-state index in [1.165, 1.54) is 0 Å². The molecule has 0 spiro atoms. The zero-order chi connectivity index (χ0) is 17.4. The fraction of sp³-hybridized carbons (Fsp3) is 0.368. The number of fused-ring (bicyclic) bond motifs is 1. The van der Waals surface area contributed by atoms with Gasteiger partial charge in [0.2, 0.25) is 0 Å². The molecule has 25 heavy (non-hydrogen) atoms. The summed E-state index contributed by atoms with van der Waals surface area (Å²) in [5.74, 6) is 1.65. The van der Waals surface area contributed by atoms with E-state index in [4.69, 9.17) is 4.98 Å². The molecule has 6 heteroatoms. The molecular weight excluding hydrogens is 312 g/mol. The predicted octanol–water partition coefficient (Wildman–Crippen LogP) is 3.21. The van der Waals surface area contributed by atoms with Crippen LogP contribution in [0.25, 0.3) is 16.9 Å². The highest BCUT2D eigenvalue weighted by Crippen LogP contribution is 2.34. The van der Waals surface area contributed by atoms with E-state index >= 15 is 0 Å². The molecule has 0 N–H and O–H groups in total. The van der Waals surface area contributed by atoms with Crippen LogP contribution in [0.3, 0.4) is 0 Å². The molecule has 0 aliphatic carbocycles. The van der Waals surface area contributed by atoms with Crippen LogP contribution in [0, 0.1) is 24.2 Å². The molecule has 6 nitrogen and oxygen atoms in total. The average Bonchev–Trinajstić information content (AvgIpc) is 3.06. The van der Waals surface area contributed by atoms with Crippen molar-refractivity contribution in [2.45, 2.75) is 26.7 Å². The molecule has 0 radical (unpaired) electrons. The zero-order valence-electron chi connectivity index (χ0n) is 14.5. The van der Waals surface area contributed by atoms with Crippen molar-refractivity contribution in [3.63, 3.8) is 0 Å². The molecule has 3 aromatic rings. The topological polar surface area (TPSA) is 70.1 Å². The molecule has 1 aliphatic rings. The fourth-order valence-corrected chi connectivity index (χ4v) is 3.46. The lowest BCUT2D eigenvalue weighted by Gasteiger charge is -2.33. The Morgan fingerprint density at radius 1 is 1.24 bits per heavy atom. The number of hydrogen-bond donors (Lipinski definition) is 0. The predicted molar refractivity (Wildman–Crippen MR) is 96.3 cm³/mol. The number of piperidine rings is 1. The van der Waals surface area contributed by atoms with Crippen LogP contribution in [0.15, 0.2) is 30.6 Å². The van der Waals surface area contributed by atoms with Crippen molar-refractivity contribution in [2.24, 2.45) is 5.92 Å². The highest BCUT2D eigenvalue weighted by atomic mass is 15.3. The molecule has 1 aliphatic heterocycles. The van der Waals surface area contributed by atoms with Crippen LogP contribution in [0.5, 0.6) is 0 Å². The third-order valence-corrected chi connectivity index (χ3v) is 4.98. The summed E-state index contributed by atoms with van der Waals surface area (Å²) >= 11 is 0. The van der Waals surface area contributed by atoms with E-state index in [2.05, 4.69) is 28.0 Å². The summed E-state index contributed by atoms with van der Waals surface area (Å²) in [6.07, 6.45) is 5.68. The second kappa shape index (κ2) is 6.17. The van der Waals surface area contributed by atoms with Crippen molar-refractivity contribution in [1.82, 2.24) is 19.6 Å². The summed E-state index contributed by atoms with van der Waals surface area (Å²) in [7, 11) is 0. The van der Waals surface area contributed by atoms with Crippen molar-refractivity contribution in [1.29, 1.82) is 5.26 Å². The highest BCUT2D eigenvalue weighted by Gasteiger charge is 2.24. The Kier molecular flexibility index (Phi) is 3.85. The number of pyridine rings is 1. The fourth-order valence-electron chi connectivity index (χ4n) is 3.46. The third-order valence-electron chi connectivity index (χ3n) is 4.98. The Bertz CT molecular complexity index is 945. The van der Waals surface area contributed by atoms with Gasteiger partial charge in [-0.05, 0) is 37.8 Å². The van der Waals surface area contributed by atoms with Gasteiger partial charge in [-0.1, -0.05) is 13.0 Å². The summed E-state index contributed by atoms with van der Waals surface area (Å²) < 4.78 is 1.75. The van der Waals surface area contributed by atoms with E-state index < -0.39 is 0 Å². The van der Waals surface area contributed by atoms with Crippen LogP contribution in [0.1, 0.15) is 31.0 Å². The zero-order valence-corrected chi connectivity index (χ0v) is 14.5. The Hall–Kier alpha value is -2.94. The second-order valence-electron chi connectivity index (χ2n) is 6.69. The van der Waals surface area contributed by atoms with Gasteiger partial charge in [0.05, 0.1) is 23.1 Å². The molecular formula is C19H20N6. The summed E-state index contributed by atoms with van der Waals surface area (Å²) in [6, 6.07) is 8.09. The van der Waals surface area contributed by atoms with Gasteiger partial charge in [0.1, 0.15) is 17.5 Å². The van der Waals surface area contributed by atoms with Crippen molar-refractivity contribution < 1.29 is 0 Å². The number of nitrogens with zero attached hydrogens (tertiary/aromatic N) is 6. The molecule has 4 rings (SSSR count). The minimum absolute atomic E-state index is 0.502. The molecule has 1 fully saturated rings. The lowest BCUT2D eigenvalue weighted by molar-refractivity contribution is 0.437. The second-order valence-corrected chi connectivity index (χ2v) is 6.69. The number of rotatable bonds is 2. The molecule has 0 atom stereocenters. The normalized spacial score (nSPS) is 15.5. The van der Waals surface area contributed by atoms with E-state index in [0.29, 0.717) is 11.2 Å². The monoisotopic (exact) mass is 332 g/mol.